The topological polar surface area (TPSA) is 71.5 Å². The Labute approximate surface area is 146 Å². The summed E-state index contributed by atoms with van der Waals surface area (Å²) in [5.74, 6) is -0.308. The Balaban J connectivity index is 1.77. The van der Waals surface area contributed by atoms with Crippen molar-refractivity contribution in [2.75, 3.05) is 20.3 Å². The van der Waals surface area contributed by atoms with Crippen molar-refractivity contribution in [3.8, 4) is 0 Å². The van der Waals surface area contributed by atoms with E-state index in [4.69, 9.17) is 4.74 Å². The number of amides is 2. The SMILES string of the molecule is COCCN(Cc1cccnc1)C(=O)[C@H]1Cc2ccccc2C(=O)N1. The molecule has 1 aromatic carbocycles. The average molecular weight is 339 g/mol. The molecule has 2 amide bonds. The smallest absolute Gasteiger partial charge is 0.252 e. The van der Waals surface area contributed by atoms with Gasteiger partial charge in [0.25, 0.3) is 5.91 Å². The number of rotatable bonds is 6. The van der Waals surface area contributed by atoms with Gasteiger partial charge in [0.1, 0.15) is 6.04 Å². The standard InChI is InChI=1S/C19H21N3O3/c1-25-10-9-22(13-14-5-4-8-20-12-14)19(24)17-11-15-6-2-3-7-16(15)18(23)21-17/h2-8,12,17H,9-11,13H2,1H3,(H,21,23)/t17-/m1/s1. The second-order valence-corrected chi connectivity index (χ2v) is 6.00. The molecule has 1 atom stereocenters. The average Bonchev–Trinajstić information content (AvgIpc) is 2.65. The highest BCUT2D eigenvalue weighted by atomic mass is 16.5. The lowest BCUT2D eigenvalue weighted by molar-refractivity contribution is -0.134. The van der Waals surface area contributed by atoms with Crippen LogP contribution in [-0.2, 0) is 22.5 Å². The summed E-state index contributed by atoms with van der Waals surface area (Å²) in [5, 5.41) is 2.83. The second kappa shape index (κ2) is 7.90. The Hall–Kier alpha value is -2.73. The third kappa shape index (κ3) is 4.03. The number of hydrogen-bond acceptors (Lipinski definition) is 4. The molecule has 0 saturated carbocycles. The van der Waals surface area contributed by atoms with Crippen molar-refractivity contribution in [2.45, 2.75) is 19.0 Å². The van der Waals surface area contributed by atoms with Gasteiger partial charge in [-0.2, -0.15) is 0 Å². The summed E-state index contributed by atoms with van der Waals surface area (Å²) in [6.45, 7) is 1.32. The number of aromatic nitrogens is 1. The molecule has 2 heterocycles. The molecule has 1 aliphatic rings. The molecule has 2 aromatic rings. The Kier molecular flexibility index (Phi) is 5.40. The van der Waals surface area contributed by atoms with Crippen molar-refractivity contribution in [1.82, 2.24) is 15.2 Å². The summed E-state index contributed by atoms with van der Waals surface area (Å²) in [4.78, 5) is 31.1. The largest absolute Gasteiger partial charge is 0.383 e. The Morgan fingerprint density at radius 1 is 1.32 bits per heavy atom. The fourth-order valence-electron chi connectivity index (χ4n) is 2.98. The van der Waals surface area contributed by atoms with E-state index >= 15 is 0 Å². The van der Waals surface area contributed by atoms with Crippen LogP contribution in [0.25, 0.3) is 0 Å². The van der Waals surface area contributed by atoms with Gasteiger partial charge in [-0.1, -0.05) is 24.3 Å². The van der Waals surface area contributed by atoms with E-state index in [1.54, 1.807) is 30.5 Å². The number of nitrogens with zero attached hydrogens (tertiary/aromatic N) is 2. The van der Waals surface area contributed by atoms with E-state index in [1.807, 2.05) is 30.3 Å². The molecule has 25 heavy (non-hydrogen) atoms. The lowest BCUT2D eigenvalue weighted by Crippen LogP contribution is -2.52. The number of ether oxygens (including phenoxy) is 1. The van der Waals surface area contributed by atoms with Crippen molar-refractivity contribution in [1.29, 1.82) is 0 Å². The zero-order valence-corrected chi connectivity index (χ0v) is 14.1. The molecule has 6 heteroatoms. The summed E-state index contributed by atoms with van der Waals surface area (Å²) < 4.78 is 5.13. The number of methoxy groups -OCH3 is 1. The van der Waals surface area contributed by atoms with Crippen LogP contribution < -0.4 is 5.32 Å². The van der Waals surface area contributed by atoms with Gasteiger partial charge < -0.3 is 15.0 Å². The van der Waals surface area contributed by atoms with Crippen LogP contribution in [0.5, 0.6) is 0 Å². The van der Waals surface area contributed by atoms with E-state index in [9.17, 15) is 9.59 Å². The molecule has 0 saturated heterocycles. The first kappa shape index (κ1) is 17.1. The minimum atomic E-state index is -0.559. The highest BCUT2D eigenvalue weighted by Crippen LogP contribution is 2.18. The second-order valence-electron chi connectivity index (χ2n) is 6.00. The Morgan fingerprint density at radius 3 is 2.92 bits per heavy atom. The van der Waals surface area contributed by atoms with E-state index in [0.29, 0.717) is 31.7 Å². The van der Waals surface area contributed by atoms with Gasteiger partial charge in [0, 0.05) is 44.6 Å². The van der Waals surface area contributed by atoms with Crippen LogP contribution in [0.2, 0.25) is 0 Å². The zero-order valence-electron chi connectivity index (χ0n) is 14.1. The molecule has 0 bridgehead atoms. The van der Waals surface area contributed by atoms with Gasteiger partial charge in [0.05, 0.1) is 6.61 Å². The van der Waals surface area contributed by atoms with Gasteiger partial charge in [0.2, 0.25) is 5.91 Å². The molecule has 1 aliphatic heterocycles. The molecule has 0 radical (unpaired) electrons. The quantitative estimate of drug-likeness (QED) is 0.864. The van der Waals surface area contributed by atoms with E-state index < -0.39 is 6.04 Å². The first-order valence-corrected chi connectivity index (χ1v) is 8.24. The fraction of sp³-hybridized carbons (Fsp3) is 0.316. The summed E-state index contributed by atoms with van der Waals surface area (Å²) in [5.41, 5.74) is 2.48. The van der Waals surface area contributed by atoms with Crippen molar-refractivity contribution < 1.29 is 14.3 Å². The molecule has 0 unspecified atom stereocenters. The van der Waals surface area contributed by atoms with Gasteiger partial charge in [-0.25, -0.2) is 0 Å². The Bertz CT molecular complexity index is 749. The van der Waals surface area contributed by atoms with Crippen molar-refractivity contribution in [3.63, 3.8) is 0 Å². The predicted octanol–water partition coefficient (Wildman–Crippen LogP) is 1.41. The first-order valence-electron chi connectivity index (χ1n) is 8.24. The molecule has 0 aliphatic carbocycles. The first-order chi connectivity index (χ1) is 12.2. The number of hydrogen-bond donors (Lipinski definition) is 1. The molecular formula is C19H21N3O3. The predicted molar refractivity (Wildman–Crippen MR) is 92.9 cm³/mol. The van der Waals surface area contributed by atoms with Crippen LogP contribution in [0, 0.1) is 0 Å². The normalized spacial score (nSPS) is 16.0. The molecule has 3 rings (SSSR count). The molecule has 1 aromatic heterocycles. The van der Waals surface area contributed by atoms with E-state index in [2.05, 4.69) is 10.3 Å². The third-order valence-electron chi connectivity index (χ3n) is 4.26. The van der Waals surface area contributed by atoms with Gasteiger partial charge >= 0.3 is 0 Å². The maximum Gasteiger partial charge on any atom is 0.252 e. The van der Waals surface area contributed by atoms with Crippen molar-refractivity contribution in [3.05, 3.63) is 65.5 Å². The van der Waals surface area contributed by atoms with Gasteiger partial charge in [-0.05, 0) is 23.3 Å². The highest BCUT2D eigenvalue weighted by Gasteiger charge is 2.31. The summed E-state index contributed by atoms with van der Waals surface area (Å²) in [6, 6.07) is 10.6. The van der Waals surface area contributed by atoms with Crippen LogP contribution in [0.3, 0.4) is 0 Å². The Morgan fingerprint density at radius 2 is 2.16 bits per heavy atom. The molecule has 130 valence electrons. The van der Waals surface area contributed by atoms with Gasteiger partial charge in [-0.3, -0.25) is 14.6 Å². The molecule has 6 nitrogen and oxygen atoms in total. The third-order valence-corrected chi connectivity index (χ3v) is 4.26. The molecular weight excluding hydrogens is 318 g/mol. The minimum absolute atomic E-state index is 0.108. The van der Waals surface area contributed by atoms with Gasteiger partial charge in [-0.15, -0.1) is 0 Å². The minimum Gasteiger partial charge on any atom is -0.383 e. The monoisotopic (exact) mass is 339 g/mol. The maximum atomic E-state index is 13.0. The molecule has 1 N–H and O–H groups in total. The van der Waals surface area contributed by atoms with Gasteiger partial charge in [0.15, 0.2) is 0 Å². The van der Waals surface area contributed by atoms with Crippen LogP contribution >= 0.6 is 0 Å². The lowest BCUT2D eigenvalue weighted by Gasteiger charge is -2.30. The zero-order chi connectivity index (χ0) is 17.6. The summed E-state index contributed by atoms with van der Waals surface area (Å²) in [7, 11) is 1.60. The number of nitrogens with one attached hydrogen (secondary N) is 1. The maximum absolute atomic E-state index is 13.0. The molecule has 0 spiro atoms. The lowest BCUT2D eigenvalue weighted by atomic mass is 9.94. The molecule has 0 fully saturated rings. The fourth-order valence-corrected chi connectivity index (χ4v) is 2.98. The van der Waals surface area contributed by atoms with Crippen LogP contribution in [0.1, 0.15) is 21.5 Å². The number of carbonyl (C=O) groups excluding carboxylic acids is 2. The van der Waals surface area contributed by atoms with Crippen molar-refractivity contribution in [2.24, 2.45) is 0 Å². The van der Waals surface area contributed by atoms with Crippen LogP contribution in [0.4, 0.5) is 0 Å². The number of benzene rings is 1. The van der Waals surface area contributed by atoms with E-state index in [0.717, 1.165) is 11.1 Å². The summed E-state index contributed by atoms with van der Waals surface area (Å²) >= 11 is 0. The number of fused-ring (bicyclic) bond motifs is 1. The van der Waals surface area contributed by atoms with Crippen LogP contribution in [-0.4, -0.2) is 48.0 Å². The number of pyridine rings is 1. The number of carbonyl (C=O) groups is 2. The van der Waals surface area contributed by atoms with E-state index in [-0.39, 0.29) is 11.8 Å². The summed E-state index contributed by atoms with van der Waals surface area (Å²) in [6.07, 6.45) is 3.93. The van der Waals surface area contributed by atoms with Crippen LogP contribution in [0.15, 0.2) is 48.8 Å². The van der Waals surface area contributed by atoms with Crippen molar-refractivity contribution >= 4 is 11.8 Å². The highest BCUT2D eigenvalue weighted by molar-refractivity contribution is 6.00. The van der Waals surface area contributed by atoms with E-state index in [1.165, 1.54) is 0 Å².